The van der Waals surface area contributed by atoms with Crippen LogP contribution in [-0.2, 0) is 11.2 Å². The van der Waals surface area contributed by atoms with Crippen LogP contribution < -0.4 is 16.0 Å². The van der Waals surface area contributed by atoms with Gasteiger partial charge in [-0.2, -0.15) is 0 Å². The number of piperidine rings is 1. The van der Waals surface area contributed by atoms with Crippen molar-refractivity contribution in [3.63, 3.8) is 0 Å². The third kappa shape index (κ3) is 6.07. The highest BCUT2D eigenvalue weighted by Crippen LogP contribution is 2.32. The van der Waals surface area contributed by atoms with Crippen molar-refractivity contribution >= 4 is 29.9 Å². The smallest absolute Gasteiger partial charge is 0.251 e. The first kappa shape index (κ1) is 22.3. The molecular weight excluding hydrogens is 398 g/mol. The maximum atomic E-state index is 12.4. The Balaban J connectivity index is 0.00000256. The van der Waals surface area contributed by atoms with E-state index < -0.39 is 0 Å². The lowest BCUT2D eigenvalue weighted by molar-refractivity contribution is -0.117. The van der Waals surface area contributed by atoms with Gasteiger partial charge in [0.25, 0.3) is 5.91 Å². The summed E-state index contributed by atoms with van der Waals surface area (Å²) in [7, 11) is 0. The first-order valence-electron chi connectivity index (χ1n) is 10.6. The van der Waals surface area contributed by atoms with Crippen LogP contribution in [0, 0.1) is 5.92 Å². The van der Waals surface area contributed by atoms with Crippen LogP contribution in [0.25, 0.3) is 0 Å². The summed E-state index contributed by atoms with van der Waals surface area (Å²) < 4.78 is 0. The zero-order chi connectivity index (χ0) is 20.1. The summed E-state index contributed by atoms with van der Waals surface area (Å²) in [6.45, 7) is 0.597. The molecule has 0 aromatic heterocycles. The number of amides is 2. The summed E-state index contributed by atoms with van der Waals surface area (Å²) in [4.78, 5) is 24.7. The lowest BCUT2D eigenvalue weighted by Gasteiger charge is -2.28. The Morgan fingerprint density at radius 2 is 1.60 bits per heavy atom. The van der Waals surface area contributed by atoms with Crippen molar-refractivity contribution in [1.82, 2.24) is 10.6 Å². The quantitative estimate of drug-likeness (QED) is 0.626. The third-order valence-electron chi connectivity index (χ3n) is 6.02. The molecule has 0 spiro atoms. The molecule has 3 N–H and O–H groups in total. The highest BCUT2D eigenvalue weighted by molar-refractivity contribution is 5.95. The molecule has 0 saturated carbocycles. The number of anilines is 1. The van der Waals surface area contributed by atoms with Crippen molar-refractivity contribution in [3.8, 4) is 0 Å². The van der Waals surface area contributed by atoms with E-state index in [1.54, 1.807) is 24.3 Å². The van der Waals surface area contributed by atoms with E-state index in [4.69, 9.17) is 0 Å². The SMILES string of the molecule is Cl.O=C(CC1CC2CCC(C1)N2)Nc1ccc(C(=O)NCCc2ccccc2)cc1. The van der Waals surface area contributed by atoms with E-state index >= 15 is 0 Å². The van der Waals surface area contributed by atoms with Crippen LogP contribution in [0.1, 0.15) is 48.0 Å². The standard InChI is InChI=1S/C24H29N3O2.ClH/c28-23(16-18-14-21-10-11-22(15-18)26-21)27-20-8-6-19(7-9-20)24(29)25-13-12-17-4-2-1-3-5-17;/h1-9,18,21-22,26H,10-16H2,(H,25,29)(H,27,28);1H. The number of halogens is 1. The van der Waals surface area contributed by atoms with Crippen LogP contribution in [0.2, 0.25) is 0 Å². The Labute approximate surface area is 184 Å². The Kier molecular flexibility index (Phi) is 7.88. The van der Waals surface area contributed by atoms with Gasteiger partial charge in [0.15, 0.2) is 0 Å². The molecule has 160 valence electrons. The van der Waals surface area contributed by atoms with Gasteiger partial charge in [0.05, 0.1) is 0 Å². The monoisotopic (exact) mass is 427 g/mol. The summed E-state index contributed by atoms with van der Waals surface area (Å²) >= 11 is 0. The fourth-order valence-electron chi connectivity index (χ4n) is 4.59. The van der Waals surface area contributed by atoms with Gasteiger partial charge in [0.2, 0.25) is 5.91 Å². The van der Waals surface area contributed by atoms with E-state index in [-0.39, 0.29) is 24.2 Å². The molecule has 4 rings (SSSR count). The van der Waals surface area contributed by atoms with Gasteiger partial charge in [0.1, 0.15) is 0 Å². The summed E-state index contributed by atoms with van der Waals surface area (Å²) in [5.74, 6) is 0.448. The van der Waals surface area contributed by atoms with Gasteiger partial charge in [0, 0.05) is 36.3 Å². The topological polar surface area (TPSA) is 70.2 Å². The second kappa shape index (κ2) is 10.6. The Morgan fingerprint density at radius 3 is 2.27 bits per heavy atom. The van der Waals surface area contributed by atoms with E-state index in [0.717, 1.165) is 24.9 Å². The minimum absolute atomic E-state index is 0. The zero-order valence-electron chi connectivity index (χ0n) is 17.1. The van der Waals surface area contributed by atoms with Gasteiger partial charge in [-0.1, -0.05) is 30.3 Å². The van der Waals surface area contributed by atoms with Crippen LogP contribution in [-0.4, -0.2) is 30.4 Å². The van der Waals surface area contributed by atoms with Crippen molar-refractivity contribution in [2.24, 2.45) is 5.92 Å². The predicted octanol–water partition coefficient (Wildman–Crippen LogP) is 3.94. The maximum absolute atomic E-state index is 12.4. The molecule has 2 aromatic carbocycles. The number of rotatable bonds is 7. The Morgan fingerprint density at radius 1 is 0.933 bits per heavy atom. The molecule has 2 saturated heterocycles. The van der Waals surface area contributed by atoms with E-state index in [1.165, 1.54) is 18.4 Å². The molecular formula is C24H30ClN3O2. The fourth-order valence-corrected chi connectivity index (χ4v) is 4.59. The van der Waals surface area contributed by atoms with Crippen molar-refractivity contribution < 1.29 is 9.59 Å². The number of benzene rings is 2. The van der Waals surface area contributed by atoms with Crippen LogP contribution in [0.15, 0.2) is 54.6 Å². The van der Waals surface area contributed by atoms with Crippen LogP contribution in [0.5, 0.6) is 0 Å². The van der Waals surface area contributed by atoms with E-state index in [0.29, 0.717) is 36.5 Å². The van der Waals surface area contributed by atoms with E-state index in [1.807, 2.05) is 18.2 Å². The highest BCUT2D eigenvalue weighted by atomic mass is 35.5. The normalized spacial score (nSPS) is 22.1. The fraction of sp³-hybridized carbons (Fsp3) is 0.417. The summed E-state index contributed by atoms with van der Waals surface area (Å²) in [5, 5.41) is 9.54. The zero-order valence-corrected chi connectivity index (χ0v) is 17.9. The molecule has 0 aliphatic carbocycles. The van der Waals surface area contributed by atoms with E-state index in [2.05, 4.69) is 28.1 Å². The van der Waals surface area contributed by atoms with Gasteiger partial charge in [-0.15, -0.1) is 12.4 Å². The molecule has 2 amide bonds. The largest absolute Gasteiger partial charge is 0.352 e. The molecule has 2 heterocycles. The Hall–Kier alpha value is -2.37. The minimum Gasteiger partial charge on any atom is -0.352 e. The predicted molar refractivity (Wildman–Crippen MR) is 122 cm³/mol. The van der Waals surface area contributed by atoms with Gasteiger partial charge in [-0.3, -0.25) is 9.59 Å². The second-order valence-corrected chi connectivity index (χ2v) is 8.30. The van der Waals surface area contributed by atoms with Crippen molar-refractivity contribution in [2.45, 2.75) is 50.6 Å². The average Bonchev–Trinajstić information content (AvgIpc) is 3.07. The van der Waals surface area contributed by atoms with Crippen LogP contribution in [0.3, 0.4) is 0 Å². The van der Waals surface area contributed by atoms with Crippen LogP contribution >= 0.6 is 12.4 Å². The maximum Gasteiger partial charge on any atom is 0.251 e. The number of carbonyl (C=O) groups excluding carboxylic acids is 2. The van der Waals surface area contributed by atoms with Crippen molar-refractivity contribution in [1.29, 1.82) is 0 Å². The van der Waals surface area contributed by atoms with Gasteiger partial charge in [-0.25, -0.2) is 0 Å². The molecule has 0 radical (unpaired) electrons. The highest BCUT2D eigenvalue weighted by Gasteiger charge is 2.34. The molecule has 2 aliphatic rings. The number of hydrogen-bond donors (Lipinski definition) is 3. The van der Waals surface area contributed by atoms with Crippen LogP contribution in [0.4, 0.5) is 5.69 Å². The molecule has 30 heavy (non-hydrogen) atoms. The first-order chi connectivity index (χ1) is 14.2. The molecule has 2 aromatic rings. The molecule has 2 bridgehead atoms. The summed E-state index contributed by atoms with van der Waals surface area (Å²) in [5.41, 5.74) is 2.55. The van der Waals surface area contributed by atoms with E-state index in [9.17, 15) is 9.59 Å². The van der Waals surface area contributed by atoms with Crippen molar-refractivity contribution in [2.75, 3.05) is 11.9 Å². The minimum atomic E-state index is -0.0935. The second-order valence-electron chi connectivity index (χ2n) is 8.30. The number of nitrogens with one attached hydrogen (secondary N) is 3. The van der Waals surface area contributed by atoms with Crippen molar-refractivity contribution in [3.05, 3.63) is 65.7 Å². The third-order valence-corrected chi connectivity index (χ3v) is 6.02. The molecule has 2 unspecified atom stereocenters. The average molecular weight is 428 g/mol. The Bertz CT molecular complexity index is 829. The summed E-state index contributed by atoms with van der Waals surface area (Å²) in [6.07, 6.45) is 6.09. The number of hydrogen-bond acceptors (Lipinski definition) is 3. The number of carbonyl (C=O) groups is 2. The molecule has 6 heteroatoms. The molecule has 5 nitrogen and oxygen atoms in total. The summed E-state index contributed by atoms with van der Waals surface area (Å²) in [6, 6.07) is 18.4. The lowest BCUT2D eigenvalue weighted by atomic mass is 9.89. The lowest BCUT2D eigenvalue weighted by Crippen LogP contribution is -2.39. The molecule has 2 aliphatic heterocycles. The van der Waals surface area contributed by atoms with Gasteiger partial charge in [-0.05, 0) is 67.9 Å². The molecule has 2 fully saturated rings. The number of fused-ring (bicyclic) bond motifs is 2. The van der Waals surface area contributed by atoms with Gasteiger partial charge >= 0.3 is 0 Å². The molecule has 2 atom stereocenters. The van der Waals surface area contributed by atoms with Gasteiger partial charge < -0.3 is 16.0 Å². The first-order valence-corrected chi connectivity index (χ1v) is 10.6.